The van der Waals surface area contributed by atoms with Gasteiger partial charge in [0.1, 0.15) is 5.75 Å². The Bertz CT molecular complexity index is 412. The summed E-state index contributed by atoms with van der Waals surface area (Å²) in [5, 5.41) is 20.1. The molecule has 19 heavy (non-hydrogen) atoms. The number of benzene rings is 1. The molecule has 0 aliphatic heterocycles. The SMILES string of the molecule is CCOc1cccc(B(O)OC(C)(C)C(C)(C)O)c1. The van der Waals surface area contributed by atoms with Crippen molar-refractivity contribution in [2.75, 3.05) is 6.61 Å². The van der Waals surface area contributed by atoms with E-state index in [1.165, 1.54) is 0 Å². The molecular weight excluding hydrogens is 243 g/mol. The second kappa shape index (κ2) is 5.95. The summed E-state index contributed by atoms with van der Waals surface area (Å²) in [6, 6.07) is 7.10. The smallest absolute Gasteiger partial charge is 0.491 e. The van der Waals surface area contributed by atoms with Gasteiger partial charge in [0.05, 0.1) is 17.8 Å². The molecule has 0 aromatic heterocycles. The Hall–Kier alpha value is -1.04. The molecule has 0 bridgehead atoms. The van der Waals surface area contributed by atoms with Gasteiger partial charge < -0.3 is 19.5 Å². The summed E-state index contributed by atoms with van der Waals surface area (Å²) in [5.74, 6) is 0.684. The molecule has 0 saturated heterocycles. The van der Waals surface area contributed by atoms with Crippen molar-refractivity contribution in [2.24, 2.45) is 0 Å². The normalized spacial score (nSPS) is 12.4. The Morgan fingerprint density at radius 3 is 2.37 bits per heavy atom. The van der Waals surface area contributed by atoms with Gasteiger partial charge in [-0.05, 0) is 52.2 Å². The maximum absolute atomic E-state index is 10.1. The van der Waals surface area contributed by atoms with Gasteiger partial charge in [0.2, 0.25) is 0 Å². The summed E-state index contributed by atoms with van der Waals surface area (Å²) >= 11 is 0. The molecule has 0 spiro atoms. The minimum absolute atomic E-state index is 0.565. The van der Waals surface area contributed by atoms with Crippen molar-refractivity contribution in [1.82, 2.24) is 0 Å². The molecule has 106 valence electrons. The third kappa shape index (κ3) is 4.23. The Kier molecular flexibility index (Phi) is 5.01. The van der Waals surface area contributed by atoms with Crippen molar-refractivity contribution in [1.29, 1.82) is 0 Å². The van der Waals surface area contributed by atoms with Crippen LogP contribution in [0.2, 0.25) is 0 Å². The van der Waals surface area contributed by atoms with E-state index in [9.17, 15) is 10.1 Å². The summed E-state index contributed by atoms with van der Waals surface area (Å²) < 4.78 is 10.9. The molecule has 5 heteroatoms. The van der Waals surface area contributed by atoms with Crippen LogP contribution < -0.4 is 10.2 Å². The maximum Gasteiger partial charge on any atom is 0.491 e. The number of hydrogen-bond donors (Lipinski definition) is 2. The number of aliphatic hydroxyl groups is 1. The van der Waals surface area contributed by atoms with Crippen LogP contribution in [0, 0.1) is 0 Å². The topological polar surface area (TPSA) is 58.9 Å². The molecule has 2 N–H and O–H groups in total. The average Bonchev–Trinajstić information content (AvgIpc) is 2.27. The second-order valence-electron chi connectivity index (χ2n) is 5.55. The lowest BCUT2D eigenvalue weighted by Gasteiger charge is -2.38. The van der Waals surface area contributed by atoms with E-state index < -0.39 is 18.3 Å². The lowest BCUT2D eigenvalue weighted by Crippen LogP contribution is -2.53. The van der Waals surface area contributed by atoms with E-state index in [2.05, 4.69) is 0 Å². The minimum Gasteiger partial charge on any atom is -0.494 e. The Morgan fingerprint density at radius 1 is 1.21 bits per heavy atom. The van der Waals surface area contributed by atoms with Crippen LogP contribution in [-0.2, 0) is 4.65 Å². The molecule has 0 atom stereocenters. The van der Waals surface area contributed by atoms with E-state index in [4.69, 9.17) is 9.39 Å². The molecule has 0 amide bonds. The molecule has 0 radical (unpaired) electrons. The van der Waals surface area contributed by atoms with E-state index in [1.54, 1.807) is 45.9 Å². The van der Waals surface area contributed by atoms with E-state index in [0.29, 0.717) is 17.8 Å². The summed E-state index contributed by atoms with van der Waals surface area (Å²) in [6.45, 7) is 9.24. The second-order valence-corrected chi connectivity index (χ2v) is 5.55. The van der Waals surface area contributed by atoms with Gasteiger partial charge in [-0.1, -0.05) is 12.1 Å². The molecule has 0 saturated carbocycles. The standard InChI is InChI=1S/C14H23BO4/c1-6-18-12-9-7-8-11(10-12)15(17)19-14(4,5)13(2,3)16/h7-10,16-17H,6H2,1-5H3. The van der Waals surface area contributed by atoms with Gasteiger partial charge in [0, 0.05) is 0 Å². The maximum atomic E-state index is 10.1. The molecule has 1 aromatic rings. The number of hydrogen-bond acceptors (Lipinski definition) is 4. The van der Waals surface area contributed by atoms with Crippen LogP contribution in [0.3, 0.4) is 0 Å². The van der Waals surface area contributed by atoms with Gasteiger partial charge in [0.25, 0.3) is 0 Å². The first-order chi connectivity index (χ1) is 8.67. The fourth-order valence-corrected chi connectivity index (χ4v) is 1.42. The van der Waals surface area contributed by atoms with E-state index in [0.717, 1.165) is 0 Å². The third-order valence-electron chi connectivity index (χ3n) is 3.33. The molecule has 0 aliphatic rings. The van der Waals surface area contributed by atoms with Crippen LogP contribution in [0.15, 0.2) is 24.3 Å². The summed E-state index contributed by atoms with van der Waals surface area (Å²) in [6.07, 6.45) is 0. The first-order valence-corrected chi connectivity index (χ1v) is 6.48. The Labute approximate surface area is 115 Å². The molecular formula is C14H23BO4. The quantitative estimate of drug-likeness (QED) is 0.763. The average molecular weight is 266 g/mol. The van der Waals surface area contributed by atoms with Gasteiger partial charge in [-0.2, -0.15) is 0 Å². The first-order valence-electron chi connectivity index (χ1n) is 6.48. The van der Waals surface area contributed by atoms with Gasteiger partial charge >= 0.3 is 7.12 Å². The highest BCUT2D eigenvalue weighted by Gasteiger charge is 2.39. The van der Waals surface area contributed by atoms with E-state index >= 15 is 0 Å². The van der Waals surface area contributed by atoms with Gasteiger partial charge in [-0.3, -0.25) is 0 Å². The fourth-order valence-electron chi connectivity index (χ4n) is 1.42. The van der Waals surface area contributed by atoms with Crippen LogP contribution in [0.25, 0.3) is 0 Å². The van der Waals surface area contributed by atoms with Gasteiger partial charge in [0.15, 0.2) is 0 Å². The number of ether oxygens (including phenoxy) is 1. The molecule has 1 aromatic carbocycles. The highest BCUT2D eigenvalue weighted by molar-refractivity contribution is 6.60. The molecule has 0 unspecified atom stereocenters. The largest absolute Gasteiger partial charge is 0.494 e. The van der Waals surface area contributed by atoms with Crippen LogP contribution in [0.1, 0.15) is 34.6 Å². The lowest BCUT2D eigenvalue weighted by molar-refractivity contribution is -0.0982. The van der Waals surface area contributed by atoms with Crippen molar-refractivity contribution < 1.29 is 19.5 Å². The van der Waals surface area contributed by atoms with Crippen LogP contribution in [0.5, 0.6) is 5.75 Å². The summed E-state index contributed by atoms with van der Waals surface area (Å²) in [7, 11) is -1.11. The molecule has 0 fully saturated rings. The zero-order chi connectivity index (χ0) is 14.7. The zero-order valence-corrected chi connectivity index (χ0v) is 12.3. The summed E-state index contributed by atoms with van der Waals surface area (Å²) in [5.41, 5.74) is -1.34. The highest BCUT2D eigenvalue weighted by atomic mass is 16.5. The van der Waals surface area contributed by atoms with Crippen molar-refractivity contribution in [3.05, 3.63) is 24.3 Å². The Balaban J connectivity index is 2.83. The molecule has 4 nitrogen and oxygen atoms in total. The van der Waals surface area contributed by atoms with E-state index in [-0.39, 0.29) is 0 Å². The van der Waals surface area contributed by atoms with Crippen LogP contribution in [-0.4, -0.2) is 35.1 Å². The van der Waals surface area contributed by atoms with Crippen LogP contribution >= 0.6 is 0 Å². The minimum atomic E-state index is -1.11. The fraction of sp³-hybridized carbons (Fsp3) is 0.571. The van der Waals surface area contributed by atoms with Crippen molar-refractivity contribution >= 4 is 12.6 Å². The lowest BCUT2D eigenvalue weighted by atomic mass is 9.76. The predicted molar refractivity (Wildman–Crippen MR) is 76.7 cm³/mol. The molecule has 1 rings (SSSR count). The van der Waals surface area contributed by atoms with Crippen molar-refractivity contribution in [2.45, 2.75) is 45.8 Å². The van der Waals surface area contributed by atoms with E-state index in [1.807, 2.05) is 13.0 Å². The van der Waals surface area contributed by atoms with Crippen molar-refractivity contribution in [3.8, 4) is 5.75 Å². The third-order valence-corrected chi connectivity index (χ3v) is 3.33. The zero-order valence-electron chi connectivity index (χ0n) is 12.3. The van der Waals surface area contributed by atoms with Crippen molar-refractivity contribution in [3.63, 3.8) is 0 Å². The van der Waals surface area contributed by atoms with Crippen LogP contribution in [0.4, 0.5) is 0 Å². The summed E-state index contributed by atoms with van der Waals surface area (Å²) in [4.78, 5) is 0. The Morgan fingerprint density at radius 2 is 1.84 bits per heavy atom. The number of rotatable bonds is 6. The van der Waals surface area contributed by atoms with Gasteiger partial charge in [-0.15, -0.1) is 0 Å². The molecule has 0 heterocycles. The predicted octanol–water partition coefficient (Wildman–Crippen LogP) is 1.34. The monoisotopic (exact) mass is 266 g/mol. The van der Waals surface area contributed by atoms with Gasteiger partial charge in [-0.25, -0.2) is 0 Å². The first kappa shape index (κ1) is 16.0. The molecule has 0 aliphatic carbocycles. The highest BCUT2D eigenvalue weighted by Crippen LogP contribution is 2.25.